The van der Waals surface area contributed by atoms with Crippen LogP contribution in [0.25, 0.3) is 65.3 Å². The van der Waals surface area contributed by atoms with Crippen LogP contribution >= 0.6 is 0 Å². The molecule has 0 radical (unpaired) electrons. The summed E-state index contributed by atoms with van der Waals surface area (Å²) in [6.45, 7) is 0. The van der Waals surface area contributed by atoms with Gasteiger partial charge in [0.05, 0.1) is 33.9 Å². The van der Waals surface area contributed by atoms with Crippen molar-refractivity contribution in [2.24, 2.45) is 0 Å². The molecular weight excluding hydrogens is 1130 g/mol. The van der Waals surface area contributed by atoms with Crippen molar-refractivity contribution in [3.05, 3.63) is 385 Å². The van der Waals surface area contributed by atoms with Gasteiger partial charge in [0.2, 0.25) is 0 Å². The van der Waals surface area contributed by atoms with Gasteiger partial charge in [0.1, 0.15) is 0 Å². The molecule has 4 heteroatoms. The van der Waals surface area contributed by atoms with Crippen molar-refractivity contribution in [3.8, 4) is 22.3 Å². The van der Waals surface area contributed by atoms with Crippen molar-refractivity contribution < 1.29 is 0 Å². The second-order valence-electron chi connectivity index (χ2n) is 24.5. The van der Waals surface area contributed by atoms with Gasteiger partial charge in [-0.1, -0.05) is 230 Å². The van der Waals surface area contributed by atoms with Gasteiger partial charge in [0, 0.05) is 67.4 Å². The van der Waals surface area contributed by atoms with Crippen LogP contribution in [0.2, 0.25) is 0 Å². The molecular formula is C89H60N4. The van der Waals surface area contributed by atoms with E-state index < -0.39 is 5.41 Å². The van der Waals surface area contributed by atoms with Gasteiger partial charge < -0.3 is 19.6 Å². The molecule has 0 saturated carbocycles. The minimum atomic E-state index is -0.919. The Hall–Kier alpha value is -12.2. The lowest BCUT2D eigenvalue weighted by molar-refractivity contribution is 0.793. The summed E-state index contributed by atoms with van der Waals surface area (Å²) in [5.74, 6) is 0. The summed E-state index contributed by atoms with van der Waals surface area (Å²) in [5.41, 5.74) is 28.3. The molecule has 14 aromatic carbocycles. The van der Waals surface area contributed by atoms with Crippen LogP contribution in [0.15, 0.2) is 363 Å². The minimum Gasteiger partial charge on any atom is -0.310 e. The van der Waals surface area contributed by atoms with Crippen LogP contribution in [0.1, 0.15) is 35.1 Å². The Balaban J connectivity index is 0.971. The molecule has 0 saturated heterocycles. The monoisotopic (exact) mass is 1180 g/mol. The maximum Gasteiger partial charge on any atom is 0.0728 e. The SMILES string of the molecule is C1=C=CC(N(c2ccc3c(c2)C2(c4cc(N(C5=CCCC=C5)c5cccc6ccccc56)ccc4-c4ccc(N(c5ccccc5)c5cccc6ccccc56)cc42)c2cc(N(c4ccccc4)c4cccc5ccccc45)ccc2-3)c2cccc3ccccc23)=CC=1. The summed E-state index contributed by atoms with van der Waals surface area (Å²) >= 11 is 0. The largest absolute Gasteiger partial charge is 0.310 e. The van der Waals surface area contributed by atoms with Gasteiger partial charge in [-0.05, 0) is 194 Å². The summed E-state index contributed by atoms with van der Waals surface area (Å²) in [6, 6.07) is 113. The molecule has 0 amide bonds. The van der Waals surface area contributed by atoms with E-state index in [1.165, 1.54) is 82.2 Å². The van der Waals surface area contributed by atoms with Gasteiger partial charge in [-0.3, -0.25) is 0 Å². The Morgan fingerprint density at radius 3 is 0.989 bits per heavy atom. The van der Waals surface area contributed by atoms with E-state index in [-0.39, 0.29) is 0 Å². The van der Waals surface area contributed by atoms with Crippen LogP contribution in [0, 0.1) is 0 Å². The molecule has 4 nitrogen and oxygen atoms in total. The average molecular weight is 1190 g/mol. The average Bonchev–Trinajstić information content (AvgIpc) is 1.50. The molecule has 14 aromatic rings. The lowest BCUT2D eigenvalue weighted by atomic mass is 9.70. The van der Waals surface area contributed by atoms with E-state index in [4.69, 9.17) is 0 Å². The predicted molar refractivity (Wildman–Crippen MR) is 390 cm³/mol. The Morgan fingerprint density at radius 2 is 0.624 bits per heavy atom. The molecule has 1 unspecified atom stereocenters. The standard InChI is InChI=1S/C89H60N4/c1-5-33-65(34-6-1)90(85-45-21-29-61-25-13-17-41-73(61)85)69-49-53-77-78-54-50-70(91(66-35-7-2-8-36-66)86-46-22-30-62-26-14-18-42-74(62)86)58-82(78)89(81(77)57-69)83-59-71(92(67-37-9-3-10-38-67)87-47-23-31-63-27-15-19-43-75(63)87)51-55-79(83)80-56-52-72(60-84(80)89)93(68-39-11-4-12-40-68)88-48-24-32-64-28-16-20-44-76(64)88/h1,3,5-7,9-11,13-60H,2,8H2. The molecule has 4 aliphatic rings. The lowest BCUT2D eigenvalue weighted by Crippen LogP contribution is -2.28. The third-order valence-corrected chi connectivity index (χ3v) is 19.4. The highest BCUT2D eigenvalue weighted by Gasteiger charge is 2.53. The zero-order valence-corrected chi connectivity index (χ0v) is 51.0. The van der Waals surface area contributed by atoms with E-state index in [1.807, 2.05) is 6.08 Å². The number of anilines is 10. The highest BCUT2D eigenvalue weighted by molar-refractivity contribution is 6.06. The first-order chi connectivity index (χ1) is 46.2. The Kier molecular flexibility index (Phi) is 12.8. The fourth-order valence-electron chi connectivity index (χ4n) is 15.5. The summed E-state index contributed by atoms with van der Waals surface area (Å²) < 4.78 is 0. The van der Waals surface area contributed by atoms with Crippen molar-refractivity contribution in [1.82, 2.24) is 0 Å². The molecule has 4 aliphatic carbocycles. The molecule has 0 fully saturated rings. The maximum absolute atomic E-state index is 3.36. The van der Waals surface area contributed by atoms with E-state index in [9.17, 15) is 0 Å². The third kappa shape index (κ3) is 8.70. The number of benzene rings is 14. The molecule has 0 N–H and O–H groups in total. The first kappa shape index (κ1) is 53.8. The molecule has 0 heterocycles. The van der Waals surface area contributed by atoms with Crippen LogP contribution in [0.3, 0.4) is 0 Å². The number of allylic oxidation sites excluding steroid dienone is 6. The van der Waals surface area contributed by atoms with Gasteiger partial charge in [-0.2, -0.15) is 0 Å². The van der Waals surface area contributed by atoms with Crippen molar-refractivity contribution in [2.75, 3.05) is 19.6 Å². The van der Waals surface area contributed by atoms with Gasteiger partial charge >= 0.3 is 0 Å². The van der Waals surface area contributed by atoms with Gasteiger partial charge in [-0.25, -0.2) is 0 Å². The number of para-hydroxylation sites is 2. The third-order valence-electron chi connectivity index (χ3n) is 19.4. The number of fused-ring (bicyclic) bond motifs is 14. The number of hydrogen-bond acceptors (Lipinski definition) is 4. The van der Waals surface area contributed by atoms with Gasteiger partial charge in [0.15, 0.2) is 0 Å². The highest BCUT2D eigenvalue weighted by Crippen LogP contribution is 2.66. The Bertz CT molecular complexity index is 5430. The number of hydrogen-bond donors (Lipinski definition) is 0. The van der Waals surface area contributed by atoms with E-state index >= 15 is 0 Å². The highest BCUT2D eigenvalue weighted by atomic mass is 15.2. The molecule has 0 aliphatic heterocycles. The number of rotatable bonds is 12. The van der Waals surface area contributed by atoms with Crippen LogP contribution in [-0.2, 0) is 5.41 Å². The van der Waals surface area contributed by atoms with E-state index in [1.54, 1.807) is 0 Å². The van der Waals surface area contributed by atoms with E-state index in [0.717, 1.165) is 86.5 Å². The van der Waals surface area contributed by atoms with Crippen molar-refractivity contribution >= 4 is 100.0 Å². The van der Waals surface area contributed by atoms with Crippen molar-refractivity contribution in [1.29, 1.82) is 0 Å². The summed E-state index contributed by atoms with van der Waals surface area (Å²) in [6.07, 6.45) is 15.2. The summed E-state index contributed by atoms with van der Waals surface area (Å²) in [4.78, 5) is 9.89. The molecule has 436 valence electrons. The fraction of sp³-hybridized carbons (Fsp3) is 0.0337. The van der Waals surface area contributed by atoms with Gasteiger partial charge in [-0.15, -0.1) is 0 Å². The maximum atomic E-state index is 3.36. The van der Waals surface area contributed by atoms with Crippen molar-refractivity contribution in [2.45, 2.75) is 18.3 Å². The van der Waals surface area contributed by atoms with Gasteiger partial charge in [0.25, 0.3) is 0 Å². The quantitative estimate of drug-likeness (QED) is 0.113. The first-order valence-electron chi connectivity index (χ1n) is 32.2. The predicted octanol–water partition coefficient (Wildman–Crippen LogP) is 23.9. The smallest absolute Gasteiger partial charge is 0.0728 e. The molecule has 1 spiro atoms. The zero-order valence-electron chi connectivity index (χ0n) is 51.0. The zero-order chi connectivity index (χ0) is 61.4. The summed E-state index contributed by atoms with van der Waals surface area (Å²) in [5, 5.41) is 9.45. The fourth-order valence-corrected chi connectivity index (χ4v) is 15.5. The lowest BCUT2D eigenvalue weighted by Gasteiger charge is -2.35. The Labute approximate surface area is 541 Å². The van der Waals surface area contributed by atoms with Crippen LogP contribution in [0.4, 0.5) is 56.9 Å². The van der Waals surface area contributed by atoms with Crippen LogP contribution in [-0.4, -0.2) is 0 Å². The second kappa shape index (κ2) is 22.1. The molecule has 93 heavy (non-hydrogen) atoms. The second-order valence-corrected chi connectivity index (χ2v) is 24.5. The first-order valence-corrected chi connectivity index (χ1v) is 32.2. The normalized spacial score (nSPS) is 14.7. The molecule has 18 rings (SSSR count). The van der Waals surface area contributed by atoms with Crippen LogP contribution in [0.5, 0.6) is 0 Å². The molecule has 0 aromatic heterocycles. The van der Waals surface area contributed by atoms with Crippen LogP contribution < -0.4 is 19.6 Å². The number of nitrogens with zero attached hydrogens (tertiary/aromatic N) is 4. The Morgan fingerprint density at radius 1 is 0.280 bits per heavy atom. The molecule has 0 bridgehead atoms. The summed E-state index contributed by atoms with van der Waals surface area (Å²) in [7, 11) is 0. The van der Waals surface area contributed by atoms with Crippen molar-refractivity contribution in [3.63, 3.8) is 0 Å². The molecule has 1 atom stereocenters. The topological polar surface area (TPSA) is 13.0 Å². The van der Waals surface area contributed by atoms with E-state index in [2.05, 4.69) is 365 Å². The minimum absolute atomic E-state index is 0.919. The van der Waals surface area contributed by atoms with E-state index in [0.29, 0.717) is 0 Å².